The second-order valence-corrected chi connectivity index (χ2v) is 5.92. The van der Waals surface area contributed by atoms with Crippen molar-refractivity contribution in [1.82, 2.24) is 4.98 Å². The van der Waals surface area contributed by atoms with Crippen molar-refractivity contribution in [3.8, 4) is 11.5 Å². The molecule has 0 spiro atoms. The molecule has 1 N–H and O–H groups in total. The normalized spacial score (nSPS) is 19.4. The van der Waals surface area contributed by atoms with E-state index in [2.05, 4.69) is 17.2 Å². The molecule has 2 heterocycles. The van der Waals surface area contributed by atoms with Crippen molar-refractivity contribution in [2.75, 3.05) is 18.5 Å². The van der Waals surface area contributed by atoms with Gasteiger partial charge in [0.2, 0.25) is 0 Å². The third-order valence-electron chi connectivity index (χ3n) is 4.30. The molecular weight excluding hydrogens is 252 g/mol. The van der Waals surface area contributed by atoms with E-state index in [9.17, 15) is 0 Å². The van der Waals surface area contributed by atoms with Gasteiger partial charge in [-0.2, -0.15) is 0 Å². The summed E-state index contributed by atoms with van der Waals surface area (Å²) >= 11 is 0. The summed E-state index contributed by atoms with van der Waals surface area (Å²) in [4.78, 5) is 4.52. The summed E-state index contributed by atoms with van der Waals surface area (Å²) in [6, 6.07) is 6.10. The van der Waals surface area contributed by atoms with Crippen LogP contribution in [0.25, 0.3) is 10.8 Å². The van der Waals surface area contributed by atoms with Gasteiger partial charge in [0, 0.05) is 17.1 Å². The molecule has 4 nitrogen and oxygen atoms in total. The van der Waals surface area contributed by atoms with Crippen LogP contribution < -0.4 is 14.8 Å². The zero-order valence-electron chi connectivity index (χ0n) is 11.6. The van der Waals surface area contributed by atoms with Crippen molar-refractivity contribution >= 4 is 16.6 Å². The molecule has 4 heteroatoms. The summed E-state index contributed by atoms with van der Waals surface area (Å²) in [5, 5.41) is 5.83. The van der Waals surface area contributed by atoms with Gasteiger partial charge in [-0.1, -0.05) is 0 Å². The average Bonchev–Trinajstić information content (AvgIpc) is 2.44. The van der Waals surface area contributed by atoms with Gasteiger partial charge in [-0.3, -0.25) is 0 Å². The van der Waals surface area contributed by atoms with Crippen LogP contribution in [0.5, 0.6) is 11.5 Å². The van der Waals surface area contributed by atoms with Crippen LogP contribution in [0.4, 0.5) is 5.82 Å². The first kappa shape index (κ1) is 11.8. The molecule has 1 saturated carbocycles. The standard InChI is InChI=1S/C16H18N2O2/c1-16(4-2-5-16)18-15-12-10-14-13(19-7-8-20-14)9-11(12)3-6-17-15/h3,6,9-10H,2,4-5,7-8H2,1H3,(H,17,18). The lowest BCUT2D eigenvalue weighted by atomic mass is 9.78. The number of anilines is 1. The van der Waals surface area contributed by atoms with Crippen LogP contribution in [-0.2, 0) is 0 Å². The highest BCUT2D eigenvalue weighted by atomic mass is 16.6. The minimum atomic E-state index is 0.189. The highest BCUT2D eigenvalue weighted by Gasteiger charge is 2.32. The highest BCUT2D eigenvalue weighted by Crippen LogP contribution is 2.39. The molecule has 4 rings (SSSR count). The minimum absolute atomic E-state index is 0.189. The lowest BCUT2D eigenvalue weighted by Crippen LogP contribution is -2.41. The fourth-order valence-corrected chi connectivity index (χ4v) is 2.93. The third kappa shape index (κ3) is 1.87. The van der Waals surface area contributed by atoms with Gasteiger partial charge in [0.15, 0.2) is 11.5 Å². The molecule has 1 aromatic heterocycles. The van der Waals surface area contributed by atoms with Crippen LogP contribution in [0, 0.1) is 0 Å². The summed E-state index contributed by atoms with van der Waals surface area (Å²) in [5.41, 5.74) is 0.189. The van der Waals surface area contributed by atoms with E-state index in [0.29, 0.717) is 13.2 Å². The summed E-state index contributed by atoms with van der Waals surface area (Å²) in [5.74, 6) is 2.59. The van der Waals surface area contributed by atoms with Crippen molar-refractivity contribution in [2.24, 2.45) is 0 Å². The molecule has 1 fully saturated rings. The molecule has 0 amide bonds. The van der Waals surface area contributed by atoms with E-state index >= 15 is 0 Å². The fourth-order valence-electron chi connectivity index (χ4n) is 2.93. The van der Waals surface area contributed by atoms with Gasteiger partial charge < -0.3 is 14.8 Å². The predicted molar refractivity (Wildman–Crippen MR) is 78.6 cm³/mol. The van der Waals surface area contributed by atoms with Crippen molar-refractivity contribution in [3.05, 3.63) is 24.4 Å². The number of nitrogens with zero attached hydrogens (tertiary/aromatic N) is 1. The SMILES string of the molecule is CC1(Nc2nccc3cc4c(cc23)OCCO4)CCC1. The van der Waals surface area contributed by atoms with Crippen LogP contribution in [-0.4, -0.2) is 23.7 Å². The zero-order chi connectivity index (χ0) is 13.6. The Morgan fingerprint density at radius 1 is 1.15 bits per heavy atom. The summed E-state index contributed by atoms with van der Waals surface area (Å²) in [7, 11) is 0. The van der Waals surface area contributed by atoms with Gasteiger partial charge in [-0.05, 0) is 49.8 Å². The van der Waals surface area contributed by atoms with Gasteiger partial charge in [-0.25, -0.2) is 4.98 Å². The van der Waals surface area contributed by atoms with Crippen LogP contribution in [0.15, 0.2) is 24.4 Å². The second-order valence-electron chi connectivity index (χ2n) is 5.92. The minimum Gasteiger partial charge on any atom is -0.486 e. The van der Waals surface area contributed by atoms with Crippen molar-refractivity contribution in [2.45, 2.75) is 31.7 Å². The number of benzene rings is 1. The Hall–Kier alpha value is -1.97. The van der Waals surface area contributed by atoms with Crippen LogP contribution in [0.1, 0.15) is 26.2 Å². The molecule has 2 aliphatic rings. The van der Waals surface area contributed by atoms with Gasteiger partial charge >= 0.3 is 0 Å². The number of ether oxygens (including phenoxy) is 2. The maximum atomic E-state index is 5.68. The fraction of sp³-hybridized carbons (Fsp3) is 0.438. The van der Waals surface area contributed by atoms with Crippen LogP contribution >= 0.6 is 0 Å². The Kier molecular flexibility index (Phi) is 2.52. The van der Waals surface area contributed by atoms with Crippen LogP contribution in [0.2, 0.25) is 0 Å². The smallest absolute Gasteiger partial charge is 0.162 e. The number of hydrogen-bond acceptors (Lipinski definition) is 4. The maximum absolute atomic E-state index is 5.68. The quantitative estimate of drug-likeness (QED) is 0.908. The van der Waals surface area contributed by atoms with Crippen LogP contribution in [0.3, 0.4) is 0 Å². The van der Waals surface area contributed by atoms with E-state index < -0.39 is 0 Å². The van der Waals surface area contributed by atoms with Crippen molar-refractivity contribution < 1.29 is 9.47 Å². The third-order valence-corrected chi connectivity index (χ3v) is 4.30. The maximum Gasteiger partial charge on any atom is 0.162 e. The first-order chi connectivity index (χ1) is 9.73. The molecule has 0 atom stereocenters. The molecule has 20 heavy (non-hydrogen) atoms. The number of aromatic nitrogens is 1. The summed E-state index contributed by atoms with van der Waals surface area (Å²) < 4.78 is 11.3. The average molecular weight is 270 g/mol. The van der Waals surface area contributed by atoms with Gasteiger partial charge in [0.25, 0.3) is 0 Å². The number of hydrogen-bond donors (Lipinski definition) is 1. The first-order valence-electron chi connectivity index (χ1n) is 7.20. The second kappa shape index (κ2) is 4.27. The molecule has 104 valence electrons. The molecule has 0 saturated heterocycles. The van der Waals surface area contributed by atoms with Crippen molar-refractivity contribution in [1.29, 1.82) is 0 Å². The predicted octanol–water partition coefficient (Wildman–Crippen LogP) is 3.36. The van der Waals surface area contributed by atoms with Crippen molar-refractivity contribution in [3.63, 3.8) is 0 Å². The molecule has 1 aromatic carbocycles. The Labute approximate surface area is 118 Å². The Bertz CT molecular complexity index is 665. The number of nitrogens with one attached hydrogen (secondary N) is 1. The molecule has 0 unspecified atom stereocenters. The monoisotopic (exact) mass is 270 g/mol. The van der Waals surface area contributed by atoms with E-state index in [-0.39, 0.29) is 5.54 Å². The topological polar surface area (TPSA) is 43.4 Å². The highest BCUT2D eigenvalue weighted by molar-refractivity contribution is 5.94. The van der Waals surface area contributed by atoms with Gasteiger partial charge in [0.1, 0.15) is 19.0 Å². The van der Waals surface area contributed by atoms with E-state index in [1.54, 1.807) is 0 Å². The molecule has 0 bridgehead atoms. The van der Waals surface area contributed by atoms with E-state index in [4.69, 9.17) is 9.47 Å². The van der Waals surface area contributed by atoms with E-state index in [1.165, 1.54) is 19.3 Å². The lowest BCUT2D eigenvalue weighted by molar-refractivity contribution is 0.172. The Morgan fingerprint density at radius 3 is 2.60 bits per heavy atom. The molecule has 0 radical (unpaired) electrons. The largest absolute Gasteiger partial charge is 0.486 e. The molecule has 2 aromatic rings. The number of fused-ring (bicyclic) bond motifs is 2. The number of rotatable bonds is 2. The molecule has 1 aliphatic heterocycles. The Balaban J connectivity index is 1.80. The lowest BCUT2D eigenvalue weighted by Gasteiger charge is -2.39. The zero-order valence-corrected chi connectivity index (χ0v) is 11.6. The summed E-state index contributed by atoms with van der Waals surface area (Å²) in [6.45, 7) is 3.49. The van der Waals surface area contributed by atoms with Gasteiger partial charge in [0.05, 0.1) is 0 Å². The Morgan fingerprint density at radius 2 is 1.90 bits per heavy atom. The summed E-state index contributed by atoms with van der Waals surface area (Å²) in [6.07, 6.45) is 5.55. The molecule has 1 aliphatic carbocycles. The number of pyridine rings is 1. The first-order valence-corrected chi connectivity index (χ1v) is 7.20. The van der Waals surface area contributed by atoms with Gasteiger partial charge in [-0.15, -0.1) is 0 Å². The molecular formula is C16H18N2O2. The van der Waals surface area contributed by atoms with E-state index in [0.717, 1.165) is 28.1 Å². The van der Waals surface area contributed by atoms with E-state index in [1.807, 2.05) is 24.4 Å².